The van der Waals surface area contributed by atoms with Gasteiger partial charge in [0.15, 0.2) is 0 Å². The fourth-order valence-corrected chi connectivity index (χ4v) is 2.26. The van der Waals surface area contributed by atoms with Crippen LogP contribution < -0.4 is 16.6 Å². The second-order valence-corrected chi connectivity index (χ2v) is 5.37. The third kappa shape index (κ3) is 4.52. The summed E-state index contributed by atoms with van der Waals surface area (Å²) in [6, 6.07) is 0.596. The largest absolute Gasteiger partial charge is 0.353 e. The lowest BCUT2D eigenvalue weighted by molar-refractivity contribution is 0.291. The molecule has 1 aliphatic carbocycles. The molecule has 0 amide bonds. The van der Waals surface area contributed by atoms with Crippen molar-refractivity contribution in [2.24, 2.45) is 16.8 Å². The second kappa shape index (κ2) is 6.21. The van der Waals surface area contributed by atoms with Crippen LogP contribution in [0.3, 0.4) is 0 Å². The van der Waals surface area contributed by atoms with Crippen LogP contribution in [-0.4, -0.2) is 43.1 Å². The van der Waals surface area contributed by atoms with Gasteiger partial charge >= 0.3 is 0 Å². The van der Waals surface area contributed by atoms with Crippen molar-refractivity contribution in [2.45, 2.75) is 38.6 Å². The lowest BCUT2D eigenvalue weighted by Crippen LogP contribution is -2.43. The van der Waals surface area contributed by atoms with Crippen LogP contribution in [-0.2, 0) is 0 Å². The summed E-state index contributed by atoms with van der Waals surface area (Å²) >= 11 is 0. The summed E-state index contributed by atoms with van der Waals surface area (Å²) in [6.45, 7) is 6.78. The number of hydrazine groups is 1. The zero-order valence-electron chi connectivity index (χ0n) is 10.8. The Bertz CT molecular complexity index is 256. The number of nitrogens with two attached hydrogens (primary N) is 1. The highest BCUT2D eigenvalue weighted by Crippen LogP contribution is 2.18. The van der Waals surface area contributed by atoms with Crippen LogP contribution in [0.1, 0.15) is 32.6 Å². The van der Waals surface area contributed by atoms with E-state index in [1.807, 2.05) is 0 Å². The minimum Gasteiger partial charge on any atom is -0.353 e. The first kappa shape index (κ1) is 12.6. The van der Waals surface area contributed by atoms with E-state index < -0.39 is 0 Å². The average Bonchev–Trinajstić information content (AvgIpc) is 3.00. The quantitative estimate of drug-likeness (QED) is 0.279. The van der Waals surface area contributed by atoms with E-state index in [0.717, 1.165) is 19.0 Å². The minimum atomic E-state index is 0.595. The molecule has 5 nitrogen and oxygen atoms in total. The molecular formula is C12H25N5. The van der Waals surface area contributed by atoms with Crippen LogP contribution in [0.25, 0.3) is 0 Å². The van der Waals surface area contributed by atoms with Crippen molar-refractivity contribution < 1.29 is 0 Å². The van der Waals surface area contributed by atoms with E-state index >= 15 is 0 Å². The SMILES string of the molecule is CC(CN=C(NN)NC1CC1)CN1CCCC1. The second-order valence-electron chi connectivity index (χ2n) is 5.37. The molecule has 1 saturated carbocycles. The summed E-state index contributed by atoms with van der Waals surface area (Å²) in [4.78, 5) is 7.04. The standard InChI is InChI=1S/C12H25N5/c1-10(9-17-6-2-3-7-17)8-14-12(16-13)15-11-4-5-11/h10-11H,2-9,13H2,1H3,(H2,14,15,16). The zero-order valence-corrected chi connectivity index (χ0v) is 10.8. The smallest absolute Gasteiger partial charge is 0.205 e. The summed E-state index contributed by atoms with van der Waals surface area (Å²) in [5.41, 5.74) is 2.65. The number of likely N-dealkylation sites (tertiary alicyclic amines) is 1. The van der Waals surface area contributed by atoms with Gasteiger partial charge in [-0.3, -0.25) is 10.4 Å². The van der Waals surface area contributed by atoms with E-state index in [9.17, 15) is 0 Å². The van der Waals surface area contributed by atoms with Crippen molar-refractivity contribution in [3.63, 3.8) is 0 Å². The average molecular weight is 239 g/mol. The Hall–Kier alpha value is -0.810. The summed E-state index contributed by atoms with van der Waals surface area (Å²) in [5, 5.41) is 3.29. The van der Waals surface area contributed by atoms with Crippen LogP contribution in [0.4, 0.5) is 0 Å². The number of aliphatic imine (C=N–C) groups is 1. The highest BCUT2D eigenvalue weighted by Gasteiger charge is 2.22. The molecule has 2 fully saturated rings. The van der Waals surface area contributed by atoms with Gasteiger partial charge in [-0.2, -0.15) is 0 Å². The van der Waals surface area contributed by atoms with E-state index in [1.165, 1.54) is 38.8 Å². The van der Waals surface area contributed by atoms with Crippen molar-refractivity contribution in [1.82, 2.24) is 15.6 Å². The van der Waals surface area contributed by atoms with Gasteiger partial charge in [-0.15, -0.1) is 0 Å². The number of nitrogens with one attached hydrogen (secondary N) is 2. The Labute approximate surface area is 104 Å². The molecule has 0 spiro atoms. The van der Waals surface area contributed by atoms with Gasteiger partial charge < -0.3 is 10.2 Å². The molecule has 2 rings (SSSR count). The first-order chi connectivity index (χ1) is 8.28. The van der Waals surface area contributed by atoms with Gasteiger partial charge in [-0.05, 0) is 44.7 Å². The molecule has 2 aliphatic rings. The molecule has 1 heterocycles. The highest BCUT2D eigenvalue weighted by molar-refractivity contribution is 5.79. The minimum absolute atomic E-state index is 0.595. The molecular weight excluding hydrogens is 214 g/mol. The fourth-order valence-electron chi connectivity index (χ4n) is 2.26. The molecule has 0 radical (unpaired) electrons. The monoisotopic (exact) mass is 239 g/mol. The molecule has 1 unspecified atom stereocenters. The topological polar surface area (TPSA) is 65.7 Å². The van der Waals surface area contributed by atoms with Crippen LogP contribution >= 0.6 is 0 Å². The number of nitrogens with zero attached hydrogens (tertiary/aromatic N) is 2. The molecule has 1 atom stereocenters. The lowest BCUT2D eigenvalue weighted by Gasteiger charge is -2.19. The van der Waals surface area contributed by atoms with E-state index in [1.54, 1.807) is 0 Å². The Kier molecular flexibility index (Phi) is 4.62. The van der Waals surface area contributed by atoms with Gasteiger partial charge in [0, 0.05) is 19.1 Å². The maximum absolute atomic E-state index is 5.44. The molecule has 5 heteroatoms. The molecule has 0 bridgehead atoms. The van der Waals surface area contributed by atoms with E-state index in [2.05, 4.69) is 27.6 Å². The summed E-state index contributed by atoms with van der Waals surface area (Å²) in [5.74, 6) is 6.79. The first-order valence-electron chi connectivity index (χ1n) is 6.78. The maximum atomic E-state index is 5.44. The Morgan fingerprint density at radius 2 is 2.12 bits per heavy atom. The third-order valence-electron chi connectivity index (χ3n) is 3.38. The number of rotatable bonds is 5. The van der Waals surface area contributed by atoms with Gasteiger partial charge in [0.2, 0.25) is 5.96 Å². The van der Waals surface area contributed by atoms with E-state index in [0.29, 0.717) is 12.0 Å². The van der Waals surface area contributed by atoms with Gasteiger partial charge in [0.05, 0.1) is 0 Å². The van der Waals surface area contributed by atoms with Gasteiger partial charge in [-0.25, -0.2) is 5.84 Å². The number of guanidine groups is 1. The van der Waals surface area contributed by atoms with E-state index in [4.69, 9.17) is 5.84 Å². The Balaban J connectivity index is 1.68. The molecule has 1 saturated heterocycles. The predicted octanol–water partition coefficient (Wildman–Crippen LogP) is 0.290. The van der Waals surface area contributed by atoms with Crippen molar-refractivity contribution in [3.05, 3.63) is 0 Å². The number of hydrogen-bond donors (Lipinski definition) is 3. The predicted molar refractivity (Wildman–Crippen MR) is 70.6 cm³/mol. The van der Waals surface area contributed by atoms with Crippen LogP contribution in [0.5, 0.6) is 0 Å². The van der Waals surface area contributed by atoms with Gasteiger partial charge in [0.25, 0.3) is 0 Å². The third-order valence-corrected chi connectivity index (χ3v) is 3.38. The lowest BCUT2D eigenvalue weighted by atomic mass is 10.2. The summed E-state index contributed by atoms with van der Waals surface area (Å²) < 4.78 is 0. The zero-order chi connectivity index (χ0) is 12.1. The number of hydrogen-bond acceptors (Lipinski definition) is 3. The van der Waals surface area contributed by atoms with Crippen molar-refractivity contribution in [3.8, 4) is 0 Å². The maximum Gasteiger partial charge on any atom is 0.205 e. The van der Waals surface area contributed by atoms with Crippen molar-refractivity contribution in [1.29, 1.82) is 0 Å². The highest BCUT2D eigenvalue weighted by atomic mass is 15.3. The normalized spacial score (nSPS) is 23.8. The van der Waals surface area contributed by atoms with Crippen LogP contribution in [0.15, 0.2) is 4.99 Å². The molecule has 4 N–H and O–H groups in total. The van der Waals surface area contributed by atoms with Crippen molar-refractivity contribution >= 4 is 5.96 Å². The van der Waals surface area contributed by atoms with Crippen LogP contribution in [0.2, 0.25) is 0 Å². The summed E-state index contributed by atoms with van der Waals surface area (Å²) in [6.07, 6.45) is 5.19. The Morgan fingerprint density at radius 1 is 1.41 bits per heavy atom. The van der Waals surface area contributed by atoms with Gasteiger partial charge in [0.1, 0.15) is 0 Å². The Morgan fingerprint density at radius 3 is 2.71 bits per heavy atom. The van der Waals surface area contributed by atoms with Crippen LogP contribution in [0, 0.1) is 5.92 Å². The van der Waals surface area contributed by atoms with Gasteiger partial charge in [-0.1, -0.05) is 6.92 Å². The molecule has 98 valence electrons. The molecule has 0 aromatic carbocycles. The summed E-state index contributed by atoms with van der Waals surface area (Å²) in [7, 11) is 0. The van der Waals surface area contributed by atoms with Crippen molar-refractivity contribution in [2.75, 3.05) is 26.2 Å². The fraction of sp³-hybridized carbons (Fsp3) is 0.917. The first-order valence-corrected chi connectivity index (χ1v) is 6.78. The molecule has 0 aromatic heterocycles. The molecule has 17 heavy (non-hydrogen) atoms. The molecule has 0 aromatic rings. The van der Waals surface area contributed by atoms with E-state index in [-0.39, 0.29) is 0 Å². The molecule has 1 aliphatic heterocycles.